The normalized spacial score (nSPS) is 12.3. The molecule has 4 aromatic rings. The van der Waals surface area contributed by atoms with E-state index in [1.165, 1.54) is 4.57 Å². The topological polar surface area (TPSA) is 88.0 Å². The predicted molar refractivity (Wildman–Crippen MR) is 115 cm³/mol. The van der Waals surface area contributed by atoms with Crippen LogP contribution in [-0.2, 0) is 18.5 Å². The number of ether oxygens (including phenoxy) is 1. The Balaban J connectivity index is 1.73. The van der Waals surface area contributed by atoms with Crippen molar-refractivity contribution in [3.8, 4) is 11.3 Å². The first-order valence-corrected chi connectivity index (χ1v) is 13.4. The third-order valence-corrected chi connectivity index (χ3v) is 6.70. The Morgan fingerprint density at radius 2 is 2.03 bits per heavy atom. The van der Waals surface area contributed by atoms with Crippen LogP contribution in [0.15, 0.2) is 33.7 Å². The highest BCUT2D eigenvalue weighted by Crippen LogP contribution is 2.32. The molecule has 0 spiro atoms. The van der Waals surface area contributed by atoms with E-state index in [-0.39, 0.29) is 6.73 Å². The predicted octanol–water partition coefficient (Wildman–Crippen LogP) is 3.90. The van der Waals surface area contributed by atoms with E-state index in [2.05, 4.69) is 34.7 Å². The van der Waals surface area contributed by atoms with Gasteiger partial charge in [-0.1, -0.05) is 31.2 Å². The van der Waals surface area contributed by atoms with Crippen molar-refractivity contribution in [2.75, 3.05) is 6.61 Å². The zero-order chi connectivity index (χ0) is 20.8. The molecule has 0 aliphatic carbocycles. The van der Waals surface area contributed by atoms with Gasteiger partial charge in [-0.3, -0.25) is 0 Å². The van der Waals surface area contributed by atoms with Gasteiger partial charge in [0.1, 0.15) is 17.8 Å². The van der Waals surface area contributed by atoms with E-state index in [1.54, 1.807) is 36.3 Å². The van der Waals surface area contributed by atoms with E-state index >= 15 is 0 Å². The minimum absolute atomic E-state index is 0.0901. The maximum atomic E-state index is 12.5. The summed E-state index contributed by atoms with van der Waals surface area (Å²) in [6, 6.07) is 4.51. The highest BCUT2D eigenvalue weighted by Gasteiger charge is 2.19. The van der Waals surface area contributed by atoms with Crippen LogP contribution in [0.25, 0.3) is 33.5 Å². The molecule has 3 aromatic heterocycles. The first-order valence-electron chi connectivity index (χ1n) is 9.29. The van der Waals surface area contributed by atoms with Gasteiger partial charge >= 0.3 is 5.76 Å². The van der Waals surface area contributed by atoms with Crippen molar-refractivity contribution in [2.24, 2.45) is 7.05 Å². The lowest BCUT2D eigenvalue weighted by molar-refractivity contribution is 0.0850. The fourth-order valence-electron chi connectivity index (χ4n) is 3.05. The molecule has 0 amide bonds. The molecular weight excluding hydrogens is 410 g/mol. The molecule has 8 nitrogen and oxygen atoms in total. The molecule has 10 heteroatoms. The summed E-state index contributed by atoms with van der Waals surface area (Å²) in [5.41, 5.74) is 3.41. The van der Waals surface area contributed by atoms with Crippen LogP contribution >= 0.6 is 11.6 Å². The first kappa shape index (κ1) is 19.8. The van der Waals surface area contributed by atoms with Crippen molar-refractivity contribution in [1.29, 1.82) is 0 Å². The van der Waals surface area contributed by atoms with Crippen LogP contribution in [0.3, 0.4) is 0 Å². The van der Waals surface area contributed by atoms with Gasteiger partial charge in [0.25, 0.3) is 0 Å². The fraction of sp³-hybridized carbons (Fsp3) is 0.368. The number of fused-ring (bicyclic) bond motifs is 2. The van der Waals surface area contributed by atoms with Crippen molar-refractivity contribution < 1.29 is 9.15 Å². The molecule has 0 aliphatic heterocycles. The highest BCUT2D eigenvalue weighted by molar-refractivity contribution is 6.76. The standard InChI is InChI=1S/C19H22ClN5O3Si/c1-24-18-15(10-22-24)23-14(9-21-18)12-5-6-13(20)16-17(12)28-19(26)25(16)11-27-7-8-29(2,3)4/h5-6,9-10H,7-8,11H2,1-4H3. The third-order valence-electron chi connectivity index (χ3n) is 4.69. The largest absolute Gasteiger partial charge is 0.421 e. The molecule has 0 radical (unpaired) electrons. The van der Waals surface area contributed by atoms with Gasteiger partial charge in [0.15, 0.2) is 11.2 Å². The van der Waals surface area contributed by atoms with Gasteiger partial charge in [0.2, 0.25) is 0 Å². The second kappa shape index (κ2) is 7.40. The number of nitrogens with zero attached hydrogens (tertiary/aromatic N) is 5. The molecule has 0 aliphatic rings. The van der Waals surface area contributed by atoms with E-state index in [0.29, 0.717) is 45.2 Å². The van der Waals surface area contributed by atoms with Crippen LogP contribution in [0, 0.1) is 0 Å². The second-order valence-corrected chi connectivity index (χ2v) is 14.2. The summed E-state index contributed by atoms with van der Waals surface area (Å²) in [6.07, 6.45) is 3.28. The lowest BCUT2D eigenvalue weighted by atomic mass is 10.1. The van der Waals surface area contributed by atoms with Crippen molar-refractivity contribution in [3.63, 3.8) is 0 Å². The second-order valence-electron chi connectivity index (χ2n) is 8.15. The number of aromatic nitrogens is 5. The number of benzene rings is 1. The van der Waals surface area contributed by atoms with Crippen LogP contribution in [-0.4, -0.2) is 39.0 Å². The number of halogens is 1. The molecular formula is C19H22ClN5O3Si. The summed E-state index contributed by atoms with van der Waals surface area (Å²) in [5.74, 6) is -0.516. The van der Waals surface area contributed by atoms with E-state index in [0.717, 1.165) is 6.04 Å². The highest BCUT2D eigenvalue weighted by atomic mass is 35.5. The monoisotopic (exact) mass is 431 g/mol. The number of hydrogen-bond donors (Lipinski definition) is 0. The van der Waals surface area contributed by atoms with Crippen LogP contribution in [0.1, 0.15) is 0 Å². The molecule has 29 heavy (non-hydrogen) atoms. The van der Waals surface area contributed by atoms with Gasteiger partial charge in [-0.25, -0.2) is 24.0 Å². The van der Waals surface area contributed by atoms with Crippen LogP contribution in [0.2, 0.25) is 30.7 Å². The molecule has 0 saturated heterocycles. The lowest BCUT2D eigenvalue weighted by Crippen LogP contribution is -2.23. The van der Waals surface area contributed by atoms with Crippen LogP contribution in [0.5, 0.6) is 0 Å². The molecule has 0 bridgehead atoms. The van der Waals surface area contributed by atoms with E-state index < -0.39 is 13.8 Å². The van der Waals surface area contributed by atoms with Gasteiger partial charge in [0, 0.05) is 27.3 Å². The molecule has 0 N–H and O–H groups in total. The van der Waals surface area contributed by atoms with E-state index in [4.69, 9.17) is 20.8 Å². The first-order chi connectivity index (χ1) is 13.7. The Kier molecular flexibility index (Phi) is 5.05. The van der Waals surface area contributed by atoms with Crippen molar-refractivity contribution in [2.45, 2.75) is 32.4 Å². The number of hydrogen-bond acceptors (Lipinski definition) is 6. The molecule has 0 fully saturated rings. The van der Waals surface area contributed by atoms with Crippen molar-refractivity contribution in [3.05, 3.63) is 40.1 Å². The summed E-state index contributed by atoms with van der Waals surface area (Å²) < 4.78 is 14.4. The summed E-state index contributed by atoms with van der Waals surface area (Å²) in [4.78, 5) is 21.5. The molecule has 4 rings (SSSR count). The SMILES string of the molecule is Cn1ncc2nc(-c3ccc(Cl)c4c3oc(=O)n4COCC[Si](C)(C)C)cnc21. The van der Waals surface area contributed by atoms with Crippen LogP contribution in [0.4, 0.5) is 0 Å². The number of aryl methyl sites for hydroxylation is 1. The lowest BCUT2D eigenvalue weighted by Gasteiger charge is -2.15. The molecule has 3 heterocycles. The number of oxazole rings is 1. The molecule has 0 unspecified atom stereocenters. The Hall–Kier alpha value is -2.49. The minimum Gasteiger partial charge on any atom is -0.407 e. The minimum atomic E-state index is -1.22. The molecule has 1 aromatic carbocycles. The number of rotatable bonds is 6. The van der Waals surface area contributed by atoms with Gasteiger partial charge in [-0.05, 0) is 18.2 Å². The Morgan fingerprint density at radius 1 is 1.24 bits per heavy atom. The molecule has 0 atom stereocenters. The smallest absolute Gasteiger partial charge is 0.407 e. The Labute approximate surface area is 173 Å². The fourth-order valence-corrected chi connectivity index (χ4v) is 4.06. The summed E-state index contributed by atoms with van der Waals surface area (Å²) in [6.45, 7) is 7.51. The quantitative estimate of drug-likeness (QED) is 0.340. The zero-order valence-corrected chi connectivity index (χ0v) is 18.5. The maximum Gasteiger partial charge on any atom is 0.421 e. The third kappa shape index (κ3) is 3.85. The maximum absolute atomic E-state index is 12.5. The van der Waals surface area contributed by atoms with Crippen molar-refractivity contribution >= 4 is 41.9 Å². The Morgan fingerprint density at radius 3 is 2.79 bits per heavy atom. The average Bonchev–Trinajstić information content (AvgIpc) is 3.19. The summed E-state index contributed by atoms with van der Waals surface area (Å²) in [7, 11) is 0.589. The van der Waals surface area contributed by atoms with Crippen LogP contribution < -0.4 is 5.76 Å². The summed E-state index contributed by atoms with van der Waals surface area (Å²) in [5, 5.41) is 4.58. The van der Waals surface area contributed by atoms with E-state index in [9.17, 15) is 4.79 Å². The average molecular weight is 432 g/mol. The van der Waals surface area contributed by atoms with Gasteiger partial charge in [-0.15, -0.1) is 0 Å². The Bertz CT molecular complexity index is 1250. The zero-order valence-electron chi connectivity index (χ0n) is 16.8. The molecule has 0 saturated carbocycles. The van der Waals surface area contributed by atoms with Crippen molar-refractivity contribution in [1.82, 2.24) is 24.3 Å². The van der Waals surface area contributed by atoms with E-state index in [1.807, 2.05) is 0 Å². The molecule has 152 valence electrons. The summed E-state index contributed by atoms with van der Waals surface area (Å²) >= 11 is 6.40. The van der Waals surface area contributed by atoms with Gasteiger partial charge in [0.05, 0.1) is 23.1 Å². The van der Waals surface area contributed by atoms with Gasteiger partial charge < -0.3 is 9.15 Å². The van der Waals surface area contributed by atoms with Gasteiger partial charge in [-0.2, -0.15) is 5.10 Å².